The zero-order chi connectivity index (χ0) is 13.9. The summed E-state index contributed by atoms with van der Waals surface area (Å²) in [5, 5.41) is 3.11. The van der Waals surface area contributed by atoms with Crippen LogP contribution in [0.25, 0.3) is 0 Å². The SMILES string of the molecule is NC(C(=O)NC1CCN(C2CC2)CC1)c1ccccc1. The Kier molecular flexibility index (Phi) is 4.03. The minimum absolute atomic E-state index is 0.0546. The number of piperidine rings is 1. The standard InChI is InChI=1S/C16H23N3O/c17-15(12-4-2-1-3-5-12)16(20)18-13-8-10-19(11-9-13)14-6-7-14/h1-5,13-15H,6-11,17H2,(H,18,20). The van der Waals surface area contributed by atoms with Gasteiger partial charge in [-0.1, -0.05) is 30.3 Å². The largest absolute Gasteiger partial charge is 0.352 e. The van der Waals surface area contributed by atoms with Crippen molar-refractivity contribution < 1.29 is 4.79 Å². The van der Waals surface area contributed by atoms with Gasteiger partial charge in [0.05, 0.1) is 0 Å². The normalized spacial score (nSPS) is 22.4. The summed E-state index contributed by atoms with van der Waals surface area (Å²) >= 11 is 0. The van der Waals surface area contributed by atoms with Crippen LogP contribution in [0.4, 0.5) is 0 Å². The maximum atomic E-state index is 12.2. The number of amides is 1. The second-order valence-electron chi connectivity index (χ2n) is 5.94. The summed E-state index contributed by atoms with van der Waals surface area (Å²) in [4.78, 5) is 14.7. The van der Waals surface area contributed by atoms with Gasteiger partial charge in [-0.25, -0.2) is 0 Å². The molecule has 20 heavy (non-hydrogen) atoms. The average molecular weight is 273 g/mol. The summed E-state index contributed by atoms with van der Waals surface area (Å²) in [7, 11) is 0. The number of nitrogens with two attached hydrogens (primary N) is 1. The van der Waals surface area contributed by atoms with Crippen LogP contribution in [0.3, 0.4) is 0 Å². The molecule has 1 saturated heterocycles. The molecule has 108 valence electrons. The molecule has 1 saturated carbocycles. The topological polar surface area (TPSA) is 58.4 Å². The van der Waals surface area contributed by atoms with E-state index >= 15 is 0 Å². The van der Waals surface area contributed by atoms with Crippen LogP contribution in [0.1, 0.15) is 37.3 Å². The molecule has 0 bridgehead atoms. The van der Waals surface area contributed by atoms with Gasteiger partial charge in [-0.15, -0.1) is 0 Å². The van der Waals surface area contributed by atoms with Crippen LogP contribution in [-0.2, 0) is 4.79 Å². The van der Waals surface area contributed by atoms with E-state index in [4.69, 9.17) is 5.73 Å². The number of hydrogen-bond donors (Lipinski definition) is 2. The smallest absolute Gasteiger partial charge is 0.241 e. The number of carbonyl (C=O) groups excluding carboxylic acids is 1. The van der Waals surface area contributed by atoms with E-state index in [1.165, 1.54) is 12.8 Å². The van der Waals surface area contributed by atoms with Crippen LogP contribution in [0.2, 0.25) is 0 Å². The molecular formula is C16H23N3O. The Bertz CT molecular complexity index is 450. The molecule has 0 aromatic heterocycles. The lowest BCUT2D eigenvalue weighted by molar-refractivity contribution is -0.123. The lowest BCUT2D eigenvalue weighted by atomic mass is 10.0. The van der Waals surface area contributed by atoms with E-state index in [0.717, 1.165) is 37.5 Å². The highest BCUT2D eigenvalue weighted by molar-refractivity contribution is 5.83. The van der Waals surface area contributed by atoms with E-state index in [1.54, 1.807) is 0 Å². The molecule has 1 aromatic rings. The van der Waals surface area contributed by atoms with Crippen molar-refractivity contribution in [3.63, 3.8) is 0 Å². The molecule has 1 aliphatic carbocycles. The van der Waals surface area contributed by atoms with Gasteiger partial charge in [0, 0.05) is 25.2 Å². The van der Waals surface area contributed by atoms with Gasteiger partial charge in [0.15, 0.2) is 0 Å². The predicted octanol–water partition coefficient (Wildman–Crippen LogP) is 1.43. The van der Waals surface area contributed by atoms with Crippen molar-refractivity contribution in [1.82, 2.24) is 10.2 Å². The van der Waals surface area contributed by atoms with Gasteiger partial charge in [-0.05, 0) is 31.2 Å². The molecule has 4 heteroatoms. The van der Waals surface area contributed by atoms with Crippen LogP contribution in [0.15, 0.2) is 30.3 Å². The first-order chi connectivity index (χ1) is 9.74. The molecule has 0 spiro atoms. The fourth-order valence-electron chi connectivity index (χ4n) is 2.95. The molecular weight excluding hydrogens is 250 g/mol. The third-order valence-corrected chi connectivity index (χ3v) is 4.38. The van der Waals surface area contributed by atoms with Crippen LogP contribution in [0.5, 0.6) is 0 Å². The highest BCUT2D eigenvalue weighted by Crippen LogP contribution is 2.29. The Morgan fingerprint density at radius 2 is 1.80 bits per heavy atom. The molecule has 2 aliphatic rings. The average Bonchev–Trinajstić information content (AvgIpc) is 3.33. The fourth-order valence-corrected chi connectivity index (χ4v) is 2.95. The number of nitrogens with one attached hydrogen (secondary N) is 1. The molecule has 2 fully saturated rings. The summed E-state index contributed by atoms with van der Waals surface area (Å²) < 4.78 is 0. The van der Waals surface area contributed by atoms with E-state index in [2.05, 4.69) is 10.2 Å². The minimum Gasteiger partial charge on any atom is -0.352 e. The summed E-state index contributed by atoms with van der Waals surface area (Å²) in [6, 6.07) is 10.1. The number of hydrogen-bond acceptors (Lipinski definition) is 3. The molecule has 3 N–H and O–H groups in total. The van der Waals surface area contributed by atoms with Gasteiger partial charge in [0.1, 0.15) is 6.04 Å². The predicted molar refractivity (Wildman–Crippen MR) is 79.1 cm³/mol. The summed E-state index contributed by atoms with van der Waals surface area (Å²) in [5.41, 5.74) is 6.89. The zero-order valence-electron chi connectivity index (χ0n) is 11.8. The lowest BCUT2D eigenvalue weighted by Crippen LogP contribution is -2.47. The van der Waals surface area contributed by atoms with Crippen molar-refractivity contribution in [1.29, 1.82) is 0 Å². The molecule has 1 heterocycles. The molecule has 1 atom stereocenters. The van der Waals surface area contributed by atoms with Crippen LogP contribution >= 0.6 is 0 Å². The lowest BCUT2D eigenvalue weighted by Gasteiger charge is -2.32. The van der Waals surface area contributed by atoms with Crippen molar-refractivity contribution in [2.24, 2.45) is 5.73 Å². The fraction of sp³-hybridized carbons (Fsp3) is 0.562. The molecule has 4 nitrogen and oxygen atoms in total. The molecule has 1 unspecified atom stereocenters. The Hall–Kier alpha value is -1.39. The third-order valence-electron chi connectivity index (χ3n) is 4.38. The summed E-state index contributed by atoms with van der Waals surface area (Å²) in [6.45, 7) is 2.21. The first kappa shape index (κ1) is 13.6. The van der Waals surface area contributed by atoms with Crippen LogP contribution in [0, 0.1) is 0 Å². The number of nitrogens with zero attached hydrogens (tertiary/aromatic N) is 1. The van der Waals surface area contributed by atoms with Crippen molar-refractivity contribution in [2.75, 3.05) is 13.1 Å². The molecule has 1 amide bonds. The van der Waals surface area contributed by atoms with Crippen LogP contribution in [-0.4, -0.2) is 36.0 Å². The minimum atomic E-state index is -0.558. The number of rotatable bonds is 4. The number of benzene rings is 1. The summed E-state index contributed by atoms with van der Waals surface area (Å²) in [6.07, 6.45) is 4.80. The molecule has 3 rings (SSSR count). The monoisotopic (exact) mass is 273 g/mol. The van der Waals surface area contributed by atoms with Crippen LogP contribution < -0.4 is 11.1 Å². The van der Waals surface area contributed by atoms with Gasteiger partial charge in [0.2, 0.25) is 5.91 Å². The van der Waals surface area contributed by atoms with E-state index < -0.39 is 6.04 Å². The maximum absolute atomic E-state index is 12.2. The Balaban J connectivity index is 1.49. The quantitative estimate of drug-likeness (QED) is 0.872. The Morgan fingerprint density at radius 3 is 2.40 bits per heavy atom. The van der Waals surface area contributed by atoms with Crippen molar-refractivity contribution in [3.05, 3.63) is 35.9 Å². The van der Waals surface area contributed by atoms with E-state index in [1.807, 2.05) is 30.3 Å². The number of likely N-dealkylation sites (tertiary alicyclic amines) is 1. The molecule has 1 aliphatic heterocycles. The maximum Gasteiger partial charge on any atom is 0.241 e. The summed E-state index contributed by atoms with van der Waals surface area (Å²) in [5.74, 6) is -0.0546. The van der Waals surface area contributed by atoms with Crippen molar-refractivity contribution >= 4 is 5.91 Å². The molecule has 0 radical (unpaired) electrons. The Morgan fingerprint density at radius 1 is 1.15 bits per heavy atom. The second-order valence-corrected chi connectivity index (χ2v) is 5.94. The van der Waals surface area contributed by atoms with E-state index in [0.29, 0.717) is 0 Å². The highest BCUT2D eigenvalue weighted by atomic mass is 16.2. The number of carbonyl (C=O) groups is 1. The first-order valence-corrected chi connectivity index (χ1v) is 7.59. The van der Waals surface area contributed by atoms with Gasteiger partial charge >= 0.3 is 0 Å². The van der Waals surface area contributed by atoms with E-state index in [9.17, 15) is 4.79 Å². The van der Waals surface area contributed by atoms with Gasteiger partial charge in [-0.2, -0.15) is 0 Å². The van der Waals surface area contributed by atoms with Gasteiger partial charge in [0.25, 0.3) is 0 Å². The van der Waals surface area contributed by atoms with Crippen molar-refractivity contribution in [3.8, 4) is 0 Å². The van der Waals surface area contributed by atoms with Gasteiger partial charge in [-0.3, -0.25) is 4.79 Å². The highest BCUT2D eigenvalue weighted by Gasteiger charge is 2.32. The van der Waals surface area contributed by atoms with Gasteiger partial charge < -0.3 is 16.0 Å². The van der Waals surface area contributed by atoms with E-state index in [-0.39, 0.29) is 11.9 Å². The Labute approximate surface area is 120 Å². The zero-order valence-corrected chi connectivity index (χ0v) is 11.8. The first-order valence-electron chi connectivity index (χ1n) is 7.59. The molecule has 1 aromatic carbocycles. The van der Waals surface area contributed by atoms with Crippen molar-refractivity contribution in [2.45, 2.75) is 43.8 Å². The second kappa shape index (κ2) is 5.94. The third kappa shape index (κ3) is 3.19.